The first-order valence-electron chi connectivity index (χ1n) is 8.71. The first-order valence-corrected chi connectivity index (χ1v) is 8.71. The summed E-state index contributed by atoms with van der Waals surface area (Å²) in [6.45, 7) is 7.19. The lowest BCUT2D eigenvalue weighted by Gasteiger charge is -2.58. The molecule has 0 saturated heterocycles. The molecule has 118 valence electrons. The molecule has 0 spiro atoms. The second kappa shape index (κ2) is 5.75. The molecule has 4 saturated carbocycles. The first-order chi connectivity index (χ1) is 10.0. The molecule has 0 amide bonds. The van der Waals surface area contributed by atoms with Gasteiger partial charge < -0.3 is 5.11 Å². The minimum Gasteiger partial charge on any atom is -0.478 e. The van der Waals surface area contributed by atoms with Crippen molar-refractivity contribution in [3.8, 4) is 0 Å². The number of likely N-dealkylation sites (N-methyl/N-ethyl adjacent to an activating group) is 1. The standard InChI is InChI=1S/C18H29NO2/c1-3-19(4-2)12-16(8-17(20)21)18-9-13-5-14(10-18)7-15(6-13)11-18/h8,13-15H,3-7,9-12H2,1-2H3,(H,20,21)/b16-8-. The Balaban J connectivity index is 1.87. The van der Waals surface area contributed by atoms with Gasteiger partial charge in [-0.25, -0.2) is 4.79 Å². The lowest BCUT2D eigenvalue weighted by molar-refractivity contribution is -0.131. The van der Waals surface area contributed by atoms with Gasteiger partial charge in [-0.15, -0.1) is 0 Å². The summed E-state index contributed by atoms with van der Waals surface area (Å²) >= 11 is 0. The Labute approximate surface area is 128 Å². The Morgan fingerprint density at radius 3 is 1.95 bits per heavy atom. The van der Waals surface area contributed by atoms with Crippen molar-refractivity contribution < 1.29 is 9.90 Å². The van der Waals surface area contributed by atoms with Crippen molar-refractivity contribution in [2.45, 2.75) is 52.4 Å². The second-order valence-electron chi connectivity index (χ2n) is 7.67. The molecule has 1 N–H and O–H groups in total. The van der Waals surface area contributed by atoms with Crippen LogP contribution < -0.4 is 0 Å². The van der Waals surface area contributed by atoms with Crippen molar-refractivity contribution in [3.05, 3.63) is 11.6 Å². The van der Waals surface area contributed by atoms with Crippen LogP contribution in [0.1, 0.15) is 52.4 Å². The molecule has 0 aromatic rings. The summed E-state index contributed by atoms with van der Waals surface area (Å²) in [4.78, 5) is 13.7. The number of rotatable bonds is 6. The molecule has 0 aromatic heterocycles. The van der Waals surface area contributed by atoms with E-state index in [1.54, 1.807) is 6.08 Å². The van der Waals surface area contributed by atoms with Gasteiger partial charge >= 0.3 is 5.97 Å². The lowest BCUT2D eigenvalue weighted by atomic mass is 9.47. The molecule has 3 heteroatoms. The number of carboxylic acid groups (broad SMARTS) is 1. The van der Waals surface area contributed by atoms with Gasteiger partial charge in [-0.2, -0.15) is 0 Å². The molecular formula is C18H29NO2. The molecule has 4 bridgehead atoms. The summed E-state index contributed by atoms with van der Waals surface area (Å²) in [5.74, 6) is 1.84. The fraction of sp³-hybridized carbons (Fsp3) is 0.833. The average Bonchev–Trinajstić information content (AvgIpc) is 2.41. The van der Waals surface area contributed by atoms with E-state index in [1.165, 1.54) is 44.1 Å². The maximum Gasteiger partial charge on any atom is 0.328 e. The fourth-order valence-electron chi connectivity index (χ4n) is 5.71. The van der Waals surface area contributed by atoms with Crippen molar-refractivity contribution in [3.63, 3.8) is 0 Å². The van der Waals surface area contributed by atoms with Gasteiger partial charge in [-0.05, 0) is 80.4 Å². The van der Waals surface area contributed by atoms with Gasteiger partial charge in [-0.3, -0.25) is 4.90 Å². The van der Waals surface area contributed by atoms with Crippen LogP contribution in [-0.2, 0) is 4.79 Å². The van der Waals surface area contributed by atoms with Crippen molar-refractivity contribution in [2.75, 3.05) is 19.6 Å². The fourth-order valence-corrected chi connectivity index (χ4v) is 5.71. The molecule has 0 radical (unpaired) electrons. The van der Waals surface area contributed by atoms with Crippen LogP contribution in [0.3, 0.4) is 0 Å². The van der Waals surface area contributed by atoms with Crippen LogP contribution >= 0.6 is 0 Å². The lowest BCUT2D eigenvalue weighted by Crippen LogP contribution is -2.48. The summed E-state index contributed by atoms with van der Waals surface area (Å²) in [7, 11) is 0. The number of aliphatic carboxylic acids is 1. The molecule has 0 aromatic carbocycles. The number of carbonyl (C=O) groups is 1. The van der Waals surface area contributed by atoms with Crippen molar-refractivity contribution in [2.24, 2.45) is 23.2 Å². The average molecular weight is 291 g/mol. The summed E-state index contributed by atoms with van der Waals surface area (Å²) in [6, 6.07) is 0. The molecule has 4 fully saturated rings. The van der Waals surface area contributed by atoms with Gasteiger partial charge in [0.1, 0.15) is 0 Å². The zero-order valence-corrected chi connectivity index (χ0v) is 13.5. The smallest absolute Gasteiger partial charge is 0.328 e. The Hall–Kier alpha value is -0.830. The van der Waals surface area contributed by atoms with Gasteiger partial charge in [-0.1, -0.05) is 13.8 Å². The maximum atomic E-state index is 11.4. The third kappa shape index (κ3) is 2.90. The minimum atomic E-state index is -0.757. The van der Waals surface area contributed by atoms with E-state index in [4.69, 9.17) is 0 Å². The van der Waals surface area contributed by atoms with Crippen LogP contribution in [0.2, 0.25) is 0 Å². The molecule has 21 heavy (non-hydrogen) atoms. The van der Waals surface area contributed by atoms with Crippen LogP contribution in [0.4, 0.5) is 0 Å². The SMILES string of the molecule is CCN(CC)C/C(=C/C(=O)O)C12CC3CC(CC(C3)C1)C2. The van der Waals surface area contributed by atoms with Crippen molar-refractivity contribution >= 4 is 5.97 Å². The normalized spacial score (nSPS) is 38.2. The molecule has 4 rings (SSSR count). The molecule has 0 aliphatic heterocycles. The van der Waals surface area contributed by atoms with Gasteiger partial charge in [0.05, 0.1) is 0 Å². The molecule has 3 nitrogen and oxygen atoms in total. The Morgan fingerprint density at radius 2 is 1.57 bits per heavy atom. The van der Waals surface area contributed by atoms with Crippen LogP contribution in [0, 0.1) is 23.2 Å². The van der Waals surface area contributed by atoms with Gasteiger partial charge in [0.25, 0.3) is 0 Å². The monoisotopic (exact) mass is 291 g/mol. The highest BCUT2D eigenvalue weighted by Gasteiger charge is 2.52. The molecule has 4 aliphatic carbocycles. The first kappa shape index (κ1) is 15.1. The Bertz CT molecular complexity index is 401. The number of hydrogen-bond donors (Lipinski definition) is 1. The van der Waals surface area contributed by atoms with Gasteiger partial charge in [0.2, 0.25) is 0 Å². The molecule has 0 atom stereocenters. The van der Waals surface area contributed by atoms with Crippen molar-refractivity contribution in [1.29, 1.82) is 0 Å². The van der Waals surface area contributed by atoms with E-state index >= 15 is 0 Å². The highest BCUT2D eigenvalue weighted by Crippen LogP contribution is 2.62. The summed E-state index contributed by atoms with van der Waals surface area (Å²) < 4.78 is 0. The van der Waals surface area contributed by atoms with E-state index in [9.17, 15) is 9.90 Å². The van der Waals surface area contributed by atoms with E-state index in [0.717, 1.165) is 37.4 Å². The maximum absolute atomic E-state index is 11.4. The molecule has 4 aliphatic rings. The van der Waals surface area contributed by atoms with E-state index in [-0.39, 0.29) is 5.41 Å². The highest BCUT2D eigenvalue weighted by molar-refractivity contribution is 5.81. The summed E-state index contributed by atoms with van der Waals surface area (Å²) in [5, 5.41) is 9.35. The third-order valence-corrected chi connectivity index (χ3v) is 6.31. The zero-order chi connectivity index (χ0) is 15.0. The molecule has 0 heterocycles. The predicted molar refractivity (Wildman–Crippen MR) is 84.1 cm³/mol. The number of carboxylic acids is 1. The molecule has 0 unspecified atom stereocenters. The summed E-state index contributed by atoms with van der Waals surface area (Å²) in [5.41, 5.74) is 1.44. The van der Waals surface area contributed by atoms with Crippen molar-refractivity contribution in [1.82, 2.24) is 4.90 Å². The Morgan fingerprint density at radius 1 is 1.10 bits per heavy atom. The van der Waals surface area contributed by atoms with Crippen LogP contribution in [0.15, 0.2) is 11.6 Å². The van der Waals surface area contributed by atoms with E-state index < -0.39 is 5.97 Å². The van der Waals surface area contributed by atoms with Crippen LogP contribution in [0.25, 0.3) is 0 Å². The summed E-state index contributed by atoms with van der Waals surface area (Å²) in [6.07, 6.45) is 9.53. The zero-order valence-electron chi connectivity index (χ0n) is 13.5. The van der Waals surface area contributed by atoms with Gasteiger partial charge in [0.15, 0.2) is 0 Å². The predicted octanol–water partition coefficient (Wildman–Crippen LogP) is 3.56. The van der Waals surface area contributed by atoms with Crippen LogP contribution in [-0.4, -0.2) is 35.6 Å². The third-order valence-electron chi connectivity index (χ3n) is 6.31. The number of nitrogens with zero attached hydrogens (tertiary/aromatic N) is 1. The van der Waals surface area contributed by atoms with E-state index in [2.05, 4.69) is 18.7 Å². The minimum absolute atomic E-state index is 0.218. The van der Waals surface area contributed by atoms with E-state index in [0.29, 0.717) is 0 Å². The quantitative estimate of drug-likeness (QED) is 0.761. The largest absolute Gasteiger partial charge is 0.478 e. The van der Waals surface area contributed by atoms with Gasteiger partial charge in [0, 0.05) is 12.6 Å². The topological polar surface area (TPSA) is 40.5 Å². The number of hydrogen-bond acceptors (Lipinski definition) is 2. The van der Waals surface area contributed by atoms with E-state index in [1.807, 2.05) is 0 Å². The Kier molecular flexibility index (Phi) is 4.13. The molecular weight excluding hydrogens is 262 g/mol. The highest BCUT2D eigenvalue weighted by atomic mass is 16.4. The van der Waals surface area contributed by atoms with Crippen LogP contribution in [0.5, 0.6) is 0 Å². The second-order valence-corrected chi connectivity index (χ2v) is 7.67.